The number of hydrogen-bond acceptors (Lipinski definition) is 2. The number of likely N-dealkylation sites (N-methyl/N-ethyl adjacent to an activating group) is 1. The molecule has 0 amide bonds. The molecule has 0 aliphatic carbocycles. The second-order valence-electron chi connectivity index (χ2n) is 6.90. The van der Waals surface area contributed by atoms with Crippen molar-refractivity contribution in [1.29, 1.82) is 0 Å². The molecule has 0 aromatic heterocycles. The van der Waals surface area contributed by atoms with Crippen LogP contribution in [0.3, 0.4) is 0 Å². The molecule has 0 aliphatic rings. The predicted molar refractivity (Wildman–Crippen MR) is 78.6 cm³/mol. The fraction of sp³-hybridized carbons (Fsp3) is 1.00. The fourth-order valence-electron chi connectivity index (χ4n) is 1.31. The summed E-state index contributed by atoms with van der Waals surface area (Å²) in [6, 6.07) is 0. The van der Waals surface area contributed by atoms with E-state index in [1.807, 2.05) is 0 Å². The molecule has 0 atom stereocenters. The first-order chi connectivity index (χ1) is 7.54. The molecule has 0 rings (SSSR count). The molecule has 0 aliphatic heterocycles. The normalized spacial score (nSPS) is 12.4. The molecule has 0 radical (unpaired) electrons. The Kier molecular flexibility index (Phi) is 10.1. The molecule has 2 nitrogen and oxygen atoms in total. The predicted octanol–water partition coefficient (Wildman–Crippen LogP) is 4.20. The van der Waals surface area contributed by atoms with Crippen molar-refractivity contribution in [3.63, 3.8) is 0 Å². The summed E-state index contributed by atoms with van der Waals surface area (Å²) in [4.78, 5) is 2.27. The highest BCUT2D eigenvalue weighted by molar-refractivity contribution is 4.71. The molecule has 106 valence electrons. The monoisotopic (exact) mass is 245 g/mol. The van der Waals surface area contributed by atoms with Crippen molar-refractivity contribution < 1.29 is 4.74 Å². The van der Waals surface area contributed by atoms with E-state index in [1.54, 1.807) is 7.11 Å². The first-order valence-electron chi connectivity index (χ1n) is 6.74. The third-order valence-electron chi connectivity index (χ3n) is 2.78. The first-order valence-corrected chi connectivity index (χ1v) is 6.74. The van der Waals surface area contributed by atoms with Crippen LogP contribution in [0, 0.1) is 5.41 Å². The van der Waals surface area contributed by atoms with Crippen molar-refractivity contribution in [3.05, 3.63) is 0 Å². The van der Waals surface area contributed by atoms with Gasteiger partial charge >= 0.3 is 0 Å². The van der Waals surface area contributed by atoms with E-state index in [9.17, 15) is 0 Å². The Hall–Kier alpha value is -0.0800. The number of nitrogens with zero attached hydrogens (tertiary/aromatic N) is 1. The number of hydrogen-bond donors (Lipinski definition) is 0. The maximum absolute atomic E-state index is 4.97. The Morgan fingerprint density at radius 3 is 1.65 bits per heavy atom. The van der Waals surface area contributed by atoms with E-state index < -0.39 is 0 Å². The van der Waals surface area contributed by atoms with E-state index in [2.05, 4.69) is 60.4 Å². The van der Waals surface area contributed by atoms with Gasteiger partial charge in [0.15, 0.2) is 0 Å². The van der Waals surface area contributed by atoms with Crippen LogP contribution in [0.5, 0.6) is 0 Å². The second kappa shape index (κ2) is 8.93. The first kappa shape index (κ1) is 19.3. The van der Waals surface area contributed by atoms with Gasteiger partial charge in [-0.3, -0.25) is 4.90 Å². The van der Waals surface area contributed by atoms with Gasteiger partial charge < -0.3 is 4.74 Å². The zero-order valence-electron chi connectivity index (χ0n) is 13.7. The molecule has 0 saturated heterocycles. The minimum absolute atomic E-state index is 0.262. The second-order valence-corrected chi connectivity index (χ2v) is 6.90. The van der Waals surface area contributed by atoms with E-state index in [1.165, 1.54) is 12.8 Å². The van der Waals surface area contributed by atoms with Crippen LogP contribution in [-0.2, 0) is 4.74 Å². The van der Waals surface area contributed by atoms with Gasteiger partial charge in [-0.25, -0.2) is 0 Å². The van der Waals surface area contributed by atoms with Crippen LogP contribution in [0.1, 0.15) is 61.3 Å². The zero-order chi connectivity index (χ0) is 14.1. The maximum Gasteiger partial charge on any atom is 0.0589 e. The van der Waals surface area contributed by atoms with E-state index >= 15 is 0 Å². The quantitative estimate of drug-likeness (QED) is 0.736. The van der Waals surface area contributed by atoms with Gasteiger partial charge in [0.25, 0.3) is 0 Å². The zero-order valence-corrected chi connectivity index (χ0v) is 13.7. The van der Waals surface area contributed by atoms with E-state index in [0.29, 0.717) is 5.41 Å². The molecular weight excluding hydrogens is 210 g/mol. The van der Waals surface area contributed by atoms with E-state index in [-0.39, 0.29) is 5.54 Å². The maximum atomic E-state index is 4.97. The van der Waals surface area contributed by atoms with Crippen LogP contribution < -0.4 is 0 Å². The van der Waals surface area contributed by atoms with Gasteiger partial charge in [-0.15, -0.1) is 0 Å². The average Bonchev–Trinajstić information content (AvgIpc) is 2.11. The summed E-state index contributed by atoms with van der Waals surface area (Å²) in [5, 5.41) is 0. The molecule has 0 saturated carbocycles. The lowest BCUT2D eigenvalue weighted by Gasteiger charge is -2.31. The number of ether oxygens (including phenoxy) is 1. The highest BCUT2D eigenvalue weighted by atomic mass is 16.5. The van der Waals surface area contributed by atoms with Crippen LogP contribution in [-0.4, -0.2) is 37.7 Å². The lowest BCUT2D eigenvalue weighted by Crippen LogP contribution is -2.39. The molecule has 0 aromatic rings. The Morgan fingerprint density at radius 1 is 1.00 bits per heavy atom. The van der Waals surface area contributed by atoms with Crippen LogP contribution in [0.15, 0.2) is 0 Å². The molecule has 2 heteroatoms. The molecule has 0 bridgehead atoms. The van der Waals surface area contributed by atoms with Gasteiger partial charge in [-0.05, 0) is 39.7 Å². The molecule has 0 unspecified atom stereocenters. The smallest absolute Gasteiger partial charge is 0.0589 e. The van der Waals surface area contributed by atoms with Crippen molar-refractivity contribution in [3.8, 4) is 0 Å². The number of methoxy groups -OCH3 is 1. The summed E-state index contributed by atoms with van der Waals surface area (Å²) in [7, 11) is 3.84. The van der Waals surface area contributed by atoms with Crippen molar-refractivity contribution in [2.45, 2.75) is 66.8 Å². The van der Waals surface area contributed by atoms with Crippen LogP contribution in [0.25, 0.3) is 0 Å². The summed E-state index contributed by atoms with van der Waals surface area (Å²) in [5.41, 5.74) is 0.813. The lowest BCUT2D eigenvalue weighted by atomic mass is 9.91. The highest BCUT2D eigenvalue weighted by Gasteiger charge is 2.15. The molecule has 0 aromatic carbocycles. The largest absolute Gasteiger partial charge is 0.383 e. The van der Waals surface area contributed by atoms with Crippen molar-refractivity contribution in [2.24, 2.45) is 5.41 Å². The Morgan fingerprint density at radius 2 is 1.47 bits per heavy atom. The molecule has 0 N–H and O–H groups in total. The standard InChI is InChI=1S/C8H19NO.C7H16/c1-8(2,3)9(4)6-7-10-5;1-5-6-7(2,3)4/h6-7H2,1-5H3;5-6H2,1-4H3. The van der Waals surface area contributed by atoms with Crippen molar-refractivity contribution in [2.75, 3.05) is 27.3 Å². The van der Waals surface area contributed by atoms with Gasteiger partial charge in [0.2, 0.25) is 0 Å². The third-order valence-corrected chi connectivity index (χ3v) is 2.78. The Bertz CT molecular complexity index is 165. The molecule has 0 heterocycles. The van der Waals surface area contributed by atoms with Crippen molar-refractivity contribution in [1.82, 2.24) is 4.90 Å². The fourth-order valence-corrected chi connectivity index (χ4v) is 1.31. The van der Waals surface area contributed by atoms with Crippen LogP contribution >= 0.6 is 0 Å². The molecule has 17 heavy (non-hydrogen) atoms. The van der Waals surface area contributed by atoms with E-state index in [4.69, 9.17) is 4.74 Å². The summed E-state index contributed by atoms with van der Waals surface area (Å²) in [6.45, 7) is 17.5. The van der Waals surface area contributed by atoms with Gasteiger partial charge in [-0.1, -0.05) is 34.1 Å². The lowest BCUT2D eigenvalue weighted by molar-refractivity contribution is 0.110. The topological polar surface area (TPSA) is 12.5 Å². The minimum Gasteiger partial charge on any atom is -0.383 e. The summed E-state index contributed by atoms with van der Waals surface area (Å²) >= 11 is 0. The summed E-state index contributed by atoms with van der Waals surface area (Å²) < 4.78 is 4.97. The van der Waals surface area contributed by atoms with Gasteiger partial charge in [0, 0.05) is 19.2 Å². The molecule has 0 spiro atoms. The van der Waals surface area contributed by atoms with E-state index in [0.717, 1.165) is 13.2 Å². The van der Waals surface area contributed by atoms with Gasteiger partial charge in [-0.2, -0.15) is 0 Å². The molecule has 0 fully saturated rings. The summed E-state index contributed by atoms with van der Waals surface area (Å²) in [5.74, 6) is 0. The van der Waals surface area contributed by atoms with Gasteiger partial charge in [0.1, 0.15) is 0 Å². The van der Waals surface area contributed by atoms with Gasteiger partial charge in [0.05, 0.1) is 6.61 Å². The highest BCUT2D eigenvalue weighted by Crippen LogP contribution is 2.19. The van der Waals surface area contributed by atoms with Crippen molar-refractivity contribution >= 4 is 0 Å². The van der Waals surface area contributed by atoms with Crippen LogP contribution in [0.2, 0.25) is 0 Å². The summed E-state index contributed by atoms with van der Waals surface area (Å²) in [6.07, 6.45) is 2.65. The number of rotatable bonds is 4. The Labute approximate surface area is 110 Å². The van der Waals surface area contributed by atoms with Crippen LogP contribution in [0.4, 0.5) is 0 Å². The minimum atomic E-state index is 0.262. The Balaban J connectivity index is 0. The molecular formula is C15H35NO. The SMILES string of the molecule is CCCC(C)(C)C.COCCN(C)C(C)(C)C. The third kappa shape index (κ3) is 15.9. The average molecular weight is 245 g/mol.